The number of ether oxygens (including phenoxy) is 2. The minimum atomic E-state index is -4.36. The van der Waals surface area contributed by atoms with E-state index in [-0.39, 0.29) is 22.1 Å². The Labute approximate surface area is 208 Å². The second-order valence-corrected chi connectivity index (χ2v) is 10.9. The van der Waals surface area contributed by atoms with Crippen LogP contribution in [0.5, 0.6) is 11.5 Å². The molecule has 10 nitrogen and oxygen atoms in total. The first-order valence-electron chi connectivity index (χ1n) is 11.2. The molecule has 11 heteroatoms. The van der Waals surface area contributed by atoms with Gasteiger partial charge in [0.2, 0.25) is 0 Å². The predicted octanol–water partition coefficient (Wildman–Crippen LogP) is 3.15. The number of amides is 1. The molecule has 0 bridgehead atoms. The molecule has 0 radical (unpaired) electrons. The molecule has 2 aromatic heterocycles. The Balaban J connectivity index is 1.52. The summed E-state index contributed by atoms with van der Waals surface area (Å²) in [4.78, 5) is 17.4. The molecule has 0 fully saturated rings. The van der Waals surface area contributed by atoms with Crippen molar-refractivity contribution >= 4 is 32.5 Å². The van der Waals surface area contributed by atoms with Gasteiger partial charge in [0.25, 0.3) is 15.9 Å². The highest BCUT2D eigenvalue weighted by atomic mass is 32.2. The van der Waals surface area contributed by atoms with Gasteiger partial charge in [0.05, 0.1) is 36.4 Å². The molecular weight excluding hydrogens is 482 g/mol. The van der Waals surface area contributed by atoms with Crippen LogP contribution in [0, 0.1) is 6.92 Å². The molecule has 1 amide bonds. The quantitative estimate of drug-likeness (QED) is 0.420. The number of rotatable bonds is 5. The van der Waals surface area contributed by atoms with Crippen molar-refractivity contribution in [2.24, 2.45) is 0 Å². The lowest BCUT2D eigenvalue weighted by Crippen LogP contribution is -2.32. The number of nitrogens with zero attached hydrogens (tertiary/aromatic N) is 3. The van der Waals surface area contributed by atoms with E-state index >= 15 is 0 Å². The number of nitrogen functional groups attached to an aromatic ring is 1. The fraction of sp³-hybridized carbons (Fsp3) is 0.240. The fourth-order valence-corrected chi connectivity index (χ4v) is 5.67. The number of fused-ring (bicyclic) bond motifs is 2. The van der Waals surface area contributed by atoms with Gasteiger partial charge in [-0.1, -0.05) is 12.1 Å². The maximum absolute atomic E-state index is 13.4. The van der Waals surface area contributed by atoms with Gasteiger partial charge in [0.1, 0.15) is 22.8 Å². The first-order chi connectivity index (χ1) is 17.0. The van der Waals surface area contributed by atoms with E-state index in [4.69, 9.17) is 15.2 Å². The predicted molar refractivity (Wildman–Crippen MR) is 134 cm³/mol. The van der Waals surface area contributed by atoms with Crippen molar-refractivity contribution in [1.82, 2.24) is 19.5 Å². The SMILES string of the molecule is COc1ccc2c(c1S(=O)(=O)NC(=O)c1ccc3c(-n4cc(N)cn4)ccc(C)c3n1)OC(C)(C)C2. The zero-order valence-corrected chi connectivity index (χ0v) is 21.0. The number of aryl methyl sites for hydroxylation is 1. The maximum Gasteiger partial charge on any atom is 0.283 e. The van der Waals surface area contributed by atoms with Crippen LogP contribution in [-0.4, -0.2) is 41.8 Å². The average Bonchev–Trinajstić information content (AvgIpc) is 3.38. The molecule has 3 N–H and O–H groups in total. The highest BCUT2D eigenvalue weighted by molar-refractivity contribution is 7.90. The summed E-state index contributed by atoms with van der Waals surface area (Å²) in [5.74, 6) is -0.607. The van der Waals surface area contributed by atoms with E-state index in [1.165, 1.54) is 19.4 Å². The number of anilines is 1. The number of pyridine rings is 1. The van der Waals surface area contributed by atoms with E-state index in [2.05, 4.69) is 14.8 Å². The number of carbonyl (C=O) groups is 1. The summed E-state index contributed by atoms with van der Waals surface area (Å²) < 4.78 is 41.8. The van der Waals surface area contributed by atoms with Crippen molar-refractivity contribution in [3.05, 3.63) is 65.6 Å². The van der Waals surface area contributed by atoms with E-state index in [1.54, 1.807) is 29.1 Å². The van der Waals surface area contributed by atoms with Crippen molar-refractivity contribution in [3.63, 3.8) is 0 Å². The number of aromatic nitrogens is 3. The Hall–Kier alpha value is -4.12. The molecule has 0 saturated heterocycles. The van der Waals surface area contributed by atoms with Crippen LogP contribution in [0.25, 0.3) is 16.6 Å². The third-order valence-electron chi connectivity index (χ3n) is 5.99. The number of benzene rings is 2. The highest BCUT2D eigenvalue weighted by Crippen LogP contribution is 2.44. The minimum Gasteiger partial charge on any atom is -0.495 e. The van der Waals surface area contributed by atoms with Gasteiger partial charge in [-0.2, -0.15) is 5.10 Å². The lowest BCUT2D eigenvalue weighted by Gasteiger charge is -2.19. The molecule has 0 aliphatic carbocycles. The van der Waals surface area contributed by atoms with E-state index in [0.717, 1.165) is 22.2 Å². The number of methoxy groups -OCH3 is 1. The van der Waals surface area contributed by atoms with Crippen LogP contribution in [0.1, 0.15) is 35.5 Å². The zero-order chi connectivity index (χ0) is 25.8. The van der Waals surface area contributed by atoms with E-state index in [9.17, 15) is 13.2 Å². The Kier molecular flexibility index (Phi) is 5.40. The highest BCUT2D eigenvalue weighted by Gasteiger charge is 2.38. The van der Waals surface area contributed by atoms with Crippen LogP contribution in [0.15, 0.2) is 53.7 Å². The number of carbonyl (C=O) groups excluding carboxylic acids is 1. The minimum absolute atomic E-state index is 0.0564. The molecule has 4 aromatic rings. The molecule has 5 rings (SSSR count). The summed E-state index contributed by atoms with van der Waals surface area (Å²) in [6, 6.07) is 10.2. The Morgan fingerprint density at radius 2 is 1.97 bits per heavy atom. The van der Waals surface area contributed by atoms with Crippen LogP contribution >= 0.6 is 0 Å². The summed E-state index contributed by atoms with van der Waals surface area (Å²) in [7, 11) is -2.99. The first kappa shape index (κ1) is 23.6. The third-order valence-corrected chi connectivity index (χ3v) is 7.36. The molecule has 1 aliphatic rings. The largest absolute Gasteiger partial charge is 0.495 e. The maximum atomic E-state index is 13.4. The van der Waals surface area contributed by atoms with Gasteiger partial charge in [-0.05, 0) is 56.2 Å². The standard InChI is InChI=1S/C25H25N5O5S/c1-14-5-9-19(30-13-16(26)12-27-30)17-7-8-18(28-21(14)17)24(31)29-36(32,33)23-20(34-4)10-6-15-11-25(2,3)35-22(15)23/h5-10,12-13H,11,26H2,1-4H3,(H,29,31). The average molecular weight is 508 g/mol. The van der Waals surface area contributed by atoms with Gasteiger partial charge >= 0.3 is 0 Å². The Morgan fingerprint density at radius 3 is 2.67 bits per heavy atom. The Morgan fingerprint density at radius 1 is 1.19 bits per heavy atom. The van der Waals surface area contributed by atoms with E-state index in [1.807, 2.05) is 32.9 Å². The fourth-order valence-electron chi connectivity index (χ4n) is 4.38. The summed E-state index contributed by atoms with van der Waals surface area (Å²) in [6.45, 7) is 5.58. The van der Waals surface area contributed by atoms with Crippen molar-refractivity contribution in [3.8, 4) is 17.2 Å². The first-order valence-corrected chi connectivity index (χ1v) is 12.6. The monoisotopic (exact) mass is 507 g/mol. The molecule has 186 valence electrons. The van der Waals surface area contributed by atoms with Crippen molar-refractivity contribution in [2.75, 3.05) is 12.8 Å². The van der Waals surface area contributed by atoms with Crippen LogP contribution in [0.3, 0.4) is 0 Å². The lowest BCUT2D eigenvalue weighted by atomic mass is 10.0. The van der Waals surface area contributed by atoms with Crippen molar-refractivity contribution < 1.29 is 22.7 Å². The van der Waals surface area contributed by atoms with Crippen molar-refractivity contribution in [2.45, 2.75) is 37.7 Å². The second kappa shape index (κ2) is 8.23. The molecule has 2 aromatic carbocycles. The number of nitrogens with one attached hydrogen (secondary N) is 1. The summed E-state index contributed by atoms with van der Waals surface area (Å²) in [6.07, 6.45) is 3.73. The van der Waals surface area contributed by atoms with Crippen LogP contribution in [-0.2, 0) is 16.4 Å². The summed E-state index contributed by atoms with van der Waals surface area (Å²) in [5, 5.41) is 4.97. The molecular formula is C25H25N5O5S. The molecule has 36 heavy (non-hydrogen) atoms. The van der Waals surface area contributed by atoms with Crippen LogP contribution in [0.4, 0.5) is 5.69 Å². The van der Waals surface area contributed by atoms with Gasteiger partial charge < -0.3 is 15.2 Å². The summed E-state index contributed by atoms with van der Waals surface area (Å²) >= 11 is 0. The van der Waals surface area contributed by atoms with E-state index in [0.29, 0.717) is 17.6 Å². The normalized spacial score (nSPS) is 14.3. The number of nitrogens with two attached hydrogens (primary N) is 1. The van der Waals surface area contributed by atoms with E-state index < -0.39 is 21.5 Å². The van der Waals surface area contributed by atoms with Crippen LogP contribution < -0.4 is 19.9 Å². The smallest absolute Gasteiger partial charge is 0.283 e. The molecule has 1 aliphatic heterocycles. The number of hydrogen-bond acceptors (Lipinski definition) is 8. The molecule has 0 spiro atoms. The topological polar surface area (TPSA) is 138 Å². The van der Waals surface area contributed by atoms with Gasteiger partial charge in [0, 0.05) is 11.8 Å². The number of sulfonamides is 1. The lowest BCUT2D eigenvalue weighted by molar-refractivity contribution is 0.0977. The molecule has 0 saturated carbocycles. The second-order valence-electron chi connectivity index (χ2n) is 9.27. The van der Waals surface area contributed by atoms with Crippen molar-refractivity contribution in [1.29, 1.82) is 0 Å². The van der Waals surface area contributed by atoms with Gasteiger partial charge in [-0.15, -0.1) is 0 Å². The summed E-state index contributed by atoms with van der Waals surface area (Å²) in [5.41, 5.74) is 8.46. The van der Waals surface area contributed by atoms with Gasteiger partial charge in [-0.3, -0.25) is 4.79 Å². The van der Waals surface area contributed by atoms with Crippen LogP contribution in [0.2, 0.25) is 0 Å². The molecule has 3 heterocycles. The van der Waals surface area contributed by atoms with Gasteiger partial charge in [-0.25, -0.2) is 22.8 Å². The number of hydrogen-bond donors (Lipinski definition) is 2. The van der Waals surface area contributed by atoms with Gasteiger partial charge in [0.15, 0.2) is 4.90 Å². The Bertz CT molecular complexity index is 1640. The third kappa shape index (κ3) is 4.01. The molecule has 0 unspecified atom stereocenters. The molecule has 0 atom stereocenters. The zero-order valence-electron chi connectivity index (χ0n) is 20.2.